The fourth-order valence-electron chi connectivity index (χ4n) is 3.75. The normalized spacial score (nSPS) is 19.9. The lowest BCUT2D eigenvalue weighted by Gasteiger charge is -2.40. The molecule has 0 radical (unpaired) electrons. The Bertz CT molecular complexity index is 736. The predicted octanol–water partition coefficient (Wildman–Crippen LogP) is 3.23. The van der Waals surface area contributed by atoms with Crippen molar-refractivity contribution in [1.82, 2.24) is 10.2 Å². The van der Waals surface area contributed by atoms with Gasteiger partial charge in [-0.25, -0.2) is 0 Å². The zero-order valence-corrected chi connectivity index (χ0v) is 18.5. The van der Waals surface area contributed by atoms with Crippen molar-refractivity contribution in [2.75, 3.05) is 20.3 Å². The molecule has 3 unspecified atom stereocenters. The van der Waals surface area contributed by atoms with Crippen LogP contribution in [-0.2, 0) is 19.1 Å². The lowest BCUT2D eigenvalue weighted by molar-refractivity contribution is -0.160. The molecule has 1 aromatic carbocycles. The molecule has 7 heteroatoms. The number of benzene rings is 1. The Hall–Kier alpha value is -2.57. The highest BCUT2D eigenvalue weighted by Gasteiger charge is 2.42. The Kier molecular flexibility index (Phi) is 9.15. The van der Waals surface area contributed by atoms with E-state index in [1.807, 2.05) is 38.1 Å². The highest BCUT2D eigenvalue weighted by molar-refractivity contribution is 5.85. The molecule has 1 saturated heterocycles. The number of rotatable bonds is 10. The van der Waals surface area contributed by atoms with E-state index in [2.05, 4.69) is 12.2 Å². The second-order valence-corrected chi connectivity index (χ2v) is 7.76. The van der Waals surface area contributed by atoms with Gasteiger partial charge in [0.25, 0.3) is 5.91 Å². The Balaban J connectivity index is 2.25. The van der Waals surface area contributed by atoms with E-state index in [-0.39, 0.29) is 30.9 Å². The van der Waals surface area contributed by atoms with Crippen molar-refractivity contribution in [3.8, 4) is 5.75 Å². The van der Waals surface area contributed by atoms with Crippen molar-refractivity contribution in [1.29, 1.82) is 0 Å². The fourth-order valence-corrected chi connectivity index (χ4v) is 3.75. The molecule has 0 saturated carbocycles. The monoisotopic (exact) mass is 418 g/mol. The van der Waals surface area contributed by atoms with Crippen molar-refractivity contribution in [2.45, 2.75) is 65.0 Å². The first-order valence-electron chi connectivity index (χ1n) is 10.8. The lowest BCUT2D eigenvalue weighted by Crippen LogP contribution is -2.46. The summed E-state index contributed by atoms with van der Waals surface area (Å²) < 4.78 is 10.9. The standard InChI is InChI=1S/C23H34N2O5/c1-5-7-14-25-21(27)13-12-18(22(25)17-10-8-9-11-19(17)29-4)23(28)30-15-20(26)24-16(3)6-2/h8-11,16,18,22H,5-7,12-15H2,1-4H3,(H,24,26). The van der Waals surface area contributed by atoms with Gasteiger partial charge in [0.15, 0.2) is 6.61 Å². The minimum Gasteiger partial charge on any atom is -0.496 e. The van der Waals surface area contributed by atoms with Gasteiger partial charge < -0.3 is 19.7 Å². The number of esters is 1. The van der Waals surface area contributed by atoms with E-state index in [0.717, 1.165) is 24.8 Å². The number of methoxy groups -OCH3 is 1. The summed E-state index contributed by atoms with van der Waals surface area (Å²) in [5.41, 5.74) is 0.787. The van der Waals surface area contributed by atoms with Crippen LogP contribution in [-0.4, -0.2) is 49.0 Å². The van der Waals surface area contributed by atoms with Crippen molar-refractivity contribution in [3.63, 3.8) is 0 Å². The van der Waals surface area contributed by atoms with Gasteiger partial charge in [0.1, 0.15) is 5.75 Å². The quantitative estimate of drug-likeness (QED) is 0.590. The summed E-state index contributed by atoms with van der Waals surface area (Å²) in [7, 11) is 1.58. The minimum atomic E-state index is -0.549. The summed E-state index contributed by atoms with van der Waals surface area (Å²) in [6, 6.07) is 6.99. The summed E-state index contributed by atoms with van der Waals surface area (Å²) in [5.74, 6) is -0.670. The number of nitrogens with zero attached hydrogens (tertiary/aromatic N) is 1. The second kappa shape index (κ2) is 11.6. The maximum absolute atomic E-state index is 13.0. The molecule has 7 nitrogen and oxygen atoms in total. The Morgan fingerprint density at radius 2 is 2.00 bits per heavy atom. The number of para-hydroxylation sites is 1. The van der Waals surface area contributed by atoms with Gasteiger partial charge in [-0.3, -0.25) is 14.4 Å². The minimum absolute atomic E-state index is 0.0226. The van der Waals surface area contributed by atoms with Gasteiger partial charge >= 0.3 is 5.97 Å². The first kappa shape index (κ1) is 23.7. The fraction of sp³-hybridized carbons (Fsp3) is 0.609. The van der Waals surface area contributed by atoms with E-state index in [1.165, 1.54) is 0 Å². The number of hydrogen-bond donors (Lipinski definition) is 1. The number of likely N-dealkylation sites (tertiary alicyclic amines) is 1. The summed E-state index contributed by atoms with van der Waals surface area (Å²) in [6.07, 6.45) is 3.25. The molecule has 0 spiro atoms. The number of carbonyl (C=O) groups is 3. The molecule has 1 heterocycles. The predicted molar refractivity (Wildman–Crippen MR) is 114 cm³/mol. The molecule has 2 amide bonds. The number of hydrogen-bond acceptors (Lipinski definition) is 5. The van der Waals surface area contributed by atoms with Gasteiger partial charge in [-0.05, 0) is 32.3 Å². The summed E-state index contributed by atoms with van der Waals surface area (Å²) in [5, 5.41) is 2.79. The Morgan fingerprint density at radius 1 is 1.27 bits per heavy atom. The van der Waals surface area contributed by atoms with Crippen molar-refractivity contribution in [2.24, 2.45) is 5.92 Å². The average molecular weight is 419 g/mol. The topological polar surface area (TPSA) is 84.9 Å². The first-order chi connectivity index (χ1) is 14.4. The highest BCUT2D eigenvalue weighted by Crippen LogP contribution is 2.41. The SMILES string of the molecule is CCCCN1C(=O)CCC(C(=O)OCC(=O)NC(C)CC)C1c1ccccc1OC. The van der Waals surface area contributed by atoms with Crippen molar-refractivity contribution >= 4 is 17.8 Å². The van der Waals surface area contributed by atoms with Gasteiger partial charge in [0.05, 0.1) is 19.1 Å². The third-order valence-electron chi connectivity index (χ3n) is 5.58. The number of ether oxygens (including phenoxy) is 2. The van der Waals surface area contributed by atoms with Gasteiger partial charge in [-0.15, -0.1) is 0 Å². The molecule has 0 aromatic heterocycles. The summed E-state index contributed by atoms with van der Waals surface area (Å²) in [4.78, 5) is 39.5. The molecule has 3 atom stereocenters. The Morgan fingerprint density at radius 3 is 2.67 bits per heavy atom. The van der Waals surface area contributed by atoms with E-state index < -0.39 is 17.9 Å². The molecule has 1 aliphatic rings. The average Bonchev–Trinajstić information content (AvgIpc) is 2.76. The molecule has 1 N–H and O–H groups in total. The number of piperidine rings is 1. The van der Waals surface area contributed by atoms with E-state index in [9.17, 15) is 14.4 Å². The number of unbranched alkanes of at least 4 members (excludes halogenated alkanes) is 1. The second-order valence-electron chi connectivity index (χ2n) is 7.76. The maximum atomic E-state index is 13.0. The molecule has 0 bridgehead atoms. The molecule has 1 fully saturated rings. The highest BCUT2D eigenvalue weighted by atomic mass is 16.5. The third-order valence-corrected chi connectivity index (χ3v) is 5.58. The van der Waals surface area contributed by atoms with Crippen LogP contribution >= 0.6 is 0 Å². The van der Waals surface area contributed by atoms with Gasteiger partial charge in [0.2, 0.25) is 5.91 Å². The maximum Gasteiger partial charge on any atom is 0.311 e. The smallest absolute Gasteiger partial charge is 0.311 e. The molecular formula is C23H34N2O5. The first-order valence-corrected chi connectivity index (χ1v) is 10.8. The Labute approximate surface area is 179 Å². The van der Waals surface area contributed by atoms with Crippen molar-refractivity contribution in [3.05, 3.63) is 29.8 Å². The van der Waals surface area contributed by atoms with Crippen LogP contribution in [0.15, 0.2) is 24.3 Å². The number of nitrogens with one attached hydrogen (secondary N) is 1. The van der Waals surface area contributed by atoms with E-state index in [1.54, 1.807) is 12.0 Å². The van der Waals surface area contributed by atoms with Crippen LogP contribution in [0.2, 0.25) is 0 Å². The molecule has 0 aliphatic carbocycles. The zero-order valence-electron chi connectivity index (χ0n) is 18.5. The third kappa shape index (κ3) is 5.97. The van der Waals surface area contributed by atoms with Crippen LogP contribution in [0.3, 0.4) is 0 Å². The number of carbonyl (C=O) groups excluding carboxylic acids is 3. The van der Waals surface area contributed by atoms with Crippen LogP contribution in [0.1, 0.15) is 64.5 Å². The van der Waals surface area contributed by atoms with E-state index in [4.69, 9.17) is 9.47 Å². The summed E-state index contributed by atoms with van der Waals surface area (Å²) >= 11 is 0. The van der Waals surface area contributed by atoms with Crippen LogP contribution in [0.5, 0.6) is 5.75 Å². The van der Waals surface area contributed by atoms with Crippen LogP contribution < -0.4 is 10.1 Å². The molecular weight excluding hydrogens is 384 g/mol. The molecule has 1 aliphatic heterocycles. The van der Waals surface area contributed by atoms with Gasteiger partial charge in [-0.2, -0.15) is 0 Å². The van der Waals surface area contributed by atoms with Gasteiger partial charge in [-0.1, -0.05) is 38.5 Å². The summed E-state index contributed by atoms with van der Waals surface area (Å²) in [6.45, 7) is 6.18. The van der Waals surface area contributed by atoms with Crippen LogP contribution in [0.4, 0.5) is 0 Å². The van der Waals surface area contributed by atoms with Crippen molar-refractivity contribution < 1.29 is 23.9 Å². The molecule has 166 valence electrons. The lowest BCUT2D eigenvalue weighted by atomic mass is 9.83. The zero-order chi connectivity index (χ0) is 22.1. The molecule has 30 heavy (non-hydrogen) atoms. The molecule has 1 aromatic rings. The van der Waals surface area contributed by atoms with Crippen LogP contribution in [0, 0.1) is 5.92 Å². The molecule has 2 rings (SSSR count). The van der Waals surface area contributed by atoms with Gasteiger partial charge in [0, 0.05) is 24.6 Å². The largest absolute Gasteiger partial charge is 0.496 e. The van der Waals surface area contributed by atoms with Crippen LogP contribution in [0.25, 0.3) is 0 Å². The van der Waals surface area contributed by atoms with E-state index >= 15 is 0 Å². The van der Waals surface area contributed by atoms with E-state index in [0.29, 0.717) is 18.7 Å². The number of amides is 2.